The summed E-state index contributed by atoms with van der Waals surface area (Å²) in [5, 5.41) is 3.48. The Morgan fingerprint density at radius 1 is 1.08 bits per heavy atom. The first kappa shape index (κ1) is 23.3. The van der Waals surface area contributed by atoms with Gasteiger partial charge in [-0.2, -0.15) is 0 Å². The van der Waals surface area contributed by atoms with Crippen molar-refractivity contribution in [1.29, 1.82) is 0 Å². The van der Waals surface area contributed by atoms with Crippen molar-refractivity contribution >= 4 is 0 Å². The molecule has 0 aliphatic carbocycles. The predicted octanol–water partition coefficient (Wildman–Crippen LogP) is 5.94. The van der Waals surface area contributed by atoms with Crippen LogP contribution in [0.15, 0.2) is 47.3 Å². The van der Waals surface area contributed by atoms with Crippen molar-refractivity contribution in [3.05, 3.63) is 47.3 Å². The van der Waals surface area contributed by atoms with Gasteiger partial charge in [0.2, 0.25) is 0 Å². The standard InChI is InChI=1S/C23H37NO/c1-8-10-12-14-20(5)15-16-21(6)23(25-17-13-11-9-2)18-22(7)24-19(3)4/h12,14-16,18-19,22,24H,8-10,17H2,1-7H3/b14-12+,20-15-,21-16+,23-18-. The van der Waals surface area contributed by atoms with E-state index in [4.69, 9.17) is 4.74 Å². The fourth-order valence-corrected chi connectivity index (χ4v) is 2.21. The van der Waals surface area contributed by atoms with Crippen LogP contribution < -0.4 is 5.32 Å². The van der Waals surface area contributed by atoms with Crippen LogP contribution in [0.25, 0.3) is 0 Å². The second kappa shape index (κ2) is 14.6. The number of rotatable bonds is 10. The van der Waals surface area contributed by atoms with E-state index < -0.39 is 0 Å². The molecule has 0 fully saturated rings. The Hall–Kier alpha value is -1.72. The van der Waals surface area contributed by atoms with E-state index in [1.54, 1.807) is 0 Å². The summed E-state index contributed by atoms with van der Waals surface area (Å²) in [7, 11) is 0. The van der Waals surface area contributed by atoms with Gasteiger partial charge in [0, 0.05) is 18.5 Å². The van der Waals surface area contributed by atoms with Crippen molar-refractivity contribution in [2.75, 3.05) is 6.61 Å². The molecule has 0 aromatic heterocycles. The smallest absolute Gasteiger partial charge is 0.149 e. The van der Waals surface area contributed by atoms with Crippen molar-refractivity contribution < 1.29 is 4.74 Å². The van der Waals surface area contributed by atoms with Gasteiger partial charge in [0.05, 0.1) is 0 Å². The number of allylic oxidation sites excluding steroid dienone is 6. The molecule has 140 valence electrons. The van der Waals surface area contributed by atoms with Gasteiger partial charge < -0.3 is 10.1 Å². The second-order valence-electron chi connectivity index (χ2n) is 6.59. The Kier molecular flexibility index (Phi) is 13.6. The molecule has 0 heterocycles. The lowest BCUT2D eigenvalue weighted by Crippen LogP contribution is -2.31. The topological polar surface area (TPSA) is 21.3 Å². The quantitative estimate of drug-likeness (QED) is 0.301. The van der Waals surface area contributed by atoms with E-state index >= 15 is 0 Å². The van der Waals surface area contributed by atoms with E-state index in [0.717, 1.165) is 24.2 Å². The average Bonchev–Trinajstić information content (AvgIpc) is 2.55. The molecule has 1 unspecified atom stereocenters. The molecular weight excluding hydrogens is 306 g/mol. The molecular formula is C23H37NO. The monoisotopic (exact) mass is 343 g/mol. The molecule has 0 radical (unpaired) electrons. The van der Waals surface area contributed by atoms with Gasteiger partial charge in [-0.15, -0.1) is 5.92 Å². The highest BCUT2D eigenvalue weighted by Gasteiger charge is 2.06. The van der Waals surface area contributed by atoms with Crippen LogP contribution >= 0.6 is 0 Å². The van der Waals surface area contributed by atoms with Crippen molar-refractivity contribution in [2.45, 2.75) is 79.8 Å². The number of ether oxygens (including phenoxy) is 1. The zero-order valence-electron chi connectivity index (χ0n) is 17.3. The number of unbranched alkanes of at least 4 members (excludes halogenated alkanes) is 1. The minimum Gasteiger partial charge on any atom is -0.481 e. The number of nitrogens with one attached hydrogen (secondary N) is 1. The van der Waals surface area contributed by atoms with Crippen molar-refractivity contribution in [2.24, 2.45) is 0 Å². The lowest BCUT2D eigenvalue weighted by Gasteiger charge is -2.16. The molecule has 0 amide bonds. The summed E-state index contributed by atoms with van der Waals surface area (Å²) in [5.74, 6) is 6.99. The van der Waals surface area contributed by atoms with Crippen LogP contribution in [-0.2, 0) is 4.74 Å². The summed E-state index contributed by atoms with van der Waals surface area (Å²) in [6, 6.07) is 0.675. The Balaban J connectivity index is 5.17. The molecule has 1 atom stereocenters. The summed E-state index contributed by atoms with van der Waals surface area (Å²) >= 11 is 0. The van der Waals surface area contributed by atoms with Crippen LogP contribution in [0.1, 0.15) is 67.7 Å². The van der Waals surface area contributed by atoms with Gasteiger partial charge >= 0.3 is 0 Å². The lowest BCUT2D eigenvalue weighted by molar-refractivity contribution is 0.259. The van der Waals surface area contributed by atoms with Crippen molar-refractivity contribution in [1.82, 2.24) is 5.32 Å². The first-order chi connectivity index (χ1) is 11.9. The van der Waals surface area contributed by atoms with Crippen LogP contribution in [0.2, 0.25) is 0 Å². The minimum atomic E-state index is 0.243. The zero-order chi connectivity index (χ0) is 19.1. The normalized spacial score (nSPS) is 14.6. The Labute approximate surface area is 156 Å². The molecule has 2 nitrogen and oxygen atoms in total. The van der Waals surface area contributed by atoms with Gasteiger partial charge in [-0.25, -0.2) is 0 Å². The average molecular weight is 344 g/mol. The number of hydrogen-bond acceptors (Lipinski definition) is 2. The van der Waals surface area contributed by atoms with Crippen LogP contribution in [0.5, 0.6) is 0 Å². The summed E-state index contributed by atoms with van der Waals surface area (Å²) in [5.41, 5.74) is 2.35. The molecule has 0 spiro atoms. The van der Waals surface area contributed by atoms with Gasteiger partial charge in [-0.05, 0) is 38.8 Å². The minimum absolute atomic E-state index is 0.243. The molecule has 0 rings (SSSR count). The fraction of sp³-hybridized carbons (Fsp3) is 0.565. The first-order valence-electron chi connectivity index (χ1n) is 9.49. The van der Waals surface area contributed by atoms with E-state index in [-0.39, 0.29) is 6.04 Å². The van der Waals surface area contributed by atoms with E-state index in [0.29, 0.717) is 12.6 Å². The maximum atomic E-state index is 5.92. The third-order valence-electron chi connectivity index (χ3n) is 3.42. The van der Waals surface area contributed by atoms with E-state index in [9.17, 15) is 0 Å². The largest absolute Gasteiger partial charge is 0.481 e. The van der Waals surface area contributed by atoms with Crippen LogP contribution in [0.4, 0.5) is 0 Å². The highest BCUT2D eigenvalue weighted by Crippen LogP contribution is 2.13. The highest BCUT2D eigenvalue weighted by atomic mass is 16.5. The van der Waals surface area contributed by atoms with Crippen LogP contribution in [0.3, 0.4) is 0 Å². The summed E-state index contributed by atoms with van der Waals surface area (Å²) in [6.07, 6.45) is 13.9. The summed E-state index contributed by atoms with van der Waals surface area (Å²) < 4.78 is 5.92. The van der Waals surface area contributed by atoms with E-state index in [2.05, 4.69) is 89.1 Å². The number of hydrogen-bond donors (Lipinski definition) is 1. The first-order valence-corrected chi connectivity index (χ1v) is 9.49. The van der Waals surface area contributed by atoms with Gasteiger partial charge in [0.25, 0.3) is 0 Å². The fourth-order valence-electron chi connectivity index (χ4n) is 2.21. The van der Waals surface area contributed by atoms with Crippen molar-refractivity contribution in [3.8, 4) is 11.8 Å². The highest BCUT2D eigenvalue weighted by molar-refractivity contribution is 5.32. The van der Waals surface area contributed by atoms with Gasteiger partial charge in [0.1, 0.15) is 12.4 Å². The molecule has 0 aromatic rings. The van der Waals surface area contributed by atoms with Gasteiger partial charge in [0.15, 0.2) is 0 Å². The molecule has 0 bridgehead atoms. The zero-order valence-corrected chi connectivity index (χ0v) is 17.3. The maximum Gasteiger partial charge on any atom is 0.149 e. The molecule has 0 aliphatic heterocycles. The van der Waals surface area contributed by atoms with E-state index in [1.807, 2.05) is 6.92 Å². The Morgan fingerprint density at radius 3 is 2.40 bits per heavy atom. The third kappa shape index (κ3) is 13.3. The third-order valence-corrected chi connectivity index (χ3v) is 3.42. The Morgan fingerprint density at radius 2 is 1.80 bits per heavy atom. The molecule has 0 saturated heterocycles. The second-order valence-corrected chi connectivity index (χ2v) is 6.59. The molecule has 25 heavy (non-hydrogen) atoms. The summed E-state index contributed by atoms with van der Waals surface area (Å²) in [4.78, 5) is 0. The van der Waals surface area contributed by atoms with Gasteiger partial charge in [-0.3, -0.25) is 0 Å². The molecule has 0 saturated carbocycles. The maximum absolute atomic E-state index is 5.92. The van der Waals surface area contributed by atoms with Crippen LogP contribution in [0, 0.1) is 11.8 Å². The molecule has 0 aliphatic rings. The molecule has 0 aromatic carbocycles. The predicted molar refractivity (Wildman–Crippen MR) is 111 cm³/mol. The Bertz CT molecular complexity index is 538. The molecule has 1 N–H and O–H groups in total. The van der Waals surface area contributed by atoms with Crippen LogP contribution in [-0.4, -0.2) is 18.7 Å². The summed E-state index contributed by atoms with van der Waals surface area (Å²) in [6.45, 7) is 15.3. The van der Waals surface area contributed by atoms with Gasteiger partial charge in [-0.1, -0.05) is 69.9 Å². The lowest BCUT2D eigenvalue weighted by atomic mass is 10.1. The van der Waals surface area contributed by atoms with E-state index in [1.165, 1.54) is 12.0 Å². The molecule has 2 heteroatoms. The SMILES string of the molecule is CCC#CCOC(=C\C(C)NC(C)C)/C(C)=C/C=C(C)\C=C\CCC. The van der Waals surface area contributed by atoms with Crippen molar-refractivity contribution in [3.63, 3.8) is 0 Å².